The van der Waals surface area contributed by atoms with Crippen molar-refractivity contribution in [1.82, 2.24) is 0 Å². The minimum atomic E-state index is -1.05. The van der Waals surface area contributed by atoms with Gasteiger partial charge in [-0.25, -0.2) is 4.79 Å². The Balaban J connectivity index is 1.83. The van der Waals surface area contributed by atoms with Gasteiger partial charge in [0, 0.05) is 36.8 Å². The average molecular weight is 515 g/mol. The quantitative estimate of drug-likeness (QED) is 0.287. The van der Waals surface area contributed by atoms with Crippen LogP contribution in [0.15, 0.2) is 22.8 Å². The summed E-state index contributed by atoms with van der Waals surface area (Å²) in [4.78, 5) is 51.2. The SMILES string of the molecule is CC(=O)O[C@H]1C[C@@]2(C)[C@@H](CC(=O)[C@H]3[C@@]4(C)CCC(=O)[C@@H](N)[C@@H]4CC[C@@]32N)/C1=C(\CCC=C(C)C)C(=O)O. The van der Waals surface area contributed by atoms with Crippen molar-refractivity contribution in [3.05, 3.63) is 22.8 Å². The van der Waals surface area contributed by atoms with E-state index in [2.05, 4.69) is 6.92 Å². The lowest BCUT2D eigenvalue weighted by Gasteiger charge is -2.65. The summed E-state index contributed by atoms with van der Waals surface area (Å²) in [5.74, 6) is -2.51. The molecule has 0 amide bonds. The standard InChI is InChI=1S/C29H42N2O6/c1-15(2)7-6-8-17(26(35)36)23-19-13-21(34)25-27(4)11-10-20(33)24(30)18(27)9-12-29(25,31)28(19,5)14-22(23)37-16(3)32/h7,18-19,22,24-25H,6,8-14,30-31H2,1-5H3,(H,35,36)/b23-17-/t18-,19-,22-,24-,25-,27-,28-,29+/m0/s1. The molecule has 8 heteroatoms. The summed E-state index contributed by atoms with van der Waals surface area (Å²) in [5, 5.41) is 10.3. The van der Waals surface area contributed by atoms with Crippen molar-refractivity contribution >= 4 is 23.5 Å². The van der Waals surface area contributed by atoms with Crippen molar-refractivity contribution in [3.8, 4) is 0 Å². The molecule has 4 fully saturated rings. The Labute approximate surface area is 219 Å². The predicted octanol–water partition coefficient (Wildman–Crippen LogP) is 3.46. The molecular weight excluding hydrogens is 472 g/mol. The molecule has 4 rings (SSSR count). The largest absolute Gasteiger partial charge is 0.478 e. The number of allylic oxidation sites excluding steroid dienone is 2. The molecule has 0 radical (unpaired) electrons. The van der Waals surface area contributed by atoms with Crippen LogP contribution in [0.5, 0.6) is 0 Å². The highest BCUT2D eigenvalue weighted by Crippen LogP contribution is 2.68. The van der Waals surface area contributed by atoms with Crippen molar-refractivity contribution in [2.75, 3.05) is 0 Å². The van der Waals surface area contributed by atoms with Gasteiger partial charge in [0.15, 0.2) is 0 Å². The minimum absolute atomic E-state index is 0.00809. The molecule has 0 heterocycles. The first-order valence-corrected chi connectivity index (χ1v) is 13.5. The second-order valence-corrected chi connectivity index (χ2v) is 12.6. The maximum Gasteiger partial charge on any atom is 0.331 e. The number of fused-ring (bicyclic) bond motifs is 5. The Bertz CT molecular complexity index is 1090. The molecule has 8 atom stereocenters. The Morgan fingerprint density at radius 2 is 1.81 bits per heavy atom. The molecule has 4 aliphatic rings. The van der Waals surface area contributed by atoms with Crippen LogP contribution in [0, 0.1) is 28.6 Å². The van der Waals surface area contributed by atoms with E-state index in [1.54, 1.807) is 0 Å². The Morgan fingerprint density at radius 1 is 1.14 bits per heavy atom. The number of rotatable bonds is 5. The fraction of sp³-hybridized carbons (Fsp3) is 0.724. The lowest BCUT2D eigenvalue weighted by Crippen LogP contribution is -2.74. The highest BCUT2D eigenvalue weighted by atomic mass is 16.5. The van der Waals surface area contributed by atoms with Crippen LogP contribution < -0.4 is 11.5 Å². The number of esters is 1. The maximum absolute atomic E-state index is 14.0. The van der Waals surface area contributed by atoms with Crippen LogP contribution in [0.4, 0.5) is 0 Å². The van der Waals surface area contributed by atoms with Gasteiger partial charge in [0.2, 0.25) is 0 Å². The van der Waals surface area contributed by atoms with Crippen LogP contribution in [0.2, 0.25) is 0 Å². The summed E-state index contributed by atoms with van der Waals surface area (Å²) in [7, 11) is 0. The van der Waals surface area contributed by atoms with Gasteiger partial charge in [-0.1, -0.05) is 25.5 Å². The van der Waals surface area contributed by atoms with Gasteiger partial charge in [0.25, 0.3) is 0 Å². The predicted molar refractivity (Wildman–Crippen MR) is 138 cm³/mol. The molecule has 4 aliphatic carbocycles. The van der Waals surface area contributed by atoms with E-state index in [0.29, 0.717) is 44.1 Å². The summed E-state index contributed by atoms with van der Waals surface area (Å²) in [5.41, 5.74) is 13.5. The second-order valence-electron chi connectivity index (χ2n) is 12.6. The average Bonchev–Trinajstić information content (AvgIpc) is 3.05. The van der Waals surface area contributed by atoms with Crippen molar-refractivity contribution in [1.29, 1.82) is 0 Å². The number of carboxylic acid groups (broad SMARTS) is 1. The third-order valence-corrected chi connectivity index (χ3v) is 10.4. The molecule has 4 saturated carbocycles. The Morgan fingerprint density at radius 3 is 2.41 bits per heavy atom. The van der Waals surface area contributed by atoms with Crippen LogP contribution in [0.1, 0.15) is 86.0 Å². The fourth-order valence-electron chi connectivity index (χ4n) is 8.61. The van der Waals surface area contributed by atoms with E-state index in [1.807, 2.05) is 26.8 Å². The smallest absolute Gasteiger partial charge is 0.331 e. The maximum atomic E-state index is 14.0. The fourth-order valence-corrected chi connectivity index (χ4v) is 8.61. The van der Waals surface area contributed by atoms with Gasteiger partial charge in [-0.2, -0.15) is 0 Å². The number of carboxylic acids is 1. The van der Waals surface area contributed by atoms with E-state index in [-0.39, 0.29) is 35.9 Å². The Kier molecular flexibility index (Phi) is 7.08. The number of nitrogens with two attached hydrogens (primary N) is 2. The van der Waals surface area contributed by atoms with E-state index in [1.165, 1.54) is 6.92 Å². The molecule has 5 N–H and O–H groups in total. The molecule has 204 valence electrons. The lowest BCUT2D eigenvalue weighted by atomic mass is 9.40. The molecule has 0 spiro atoms. The summed E-state index contributed by atoms with van der Waals surface area (Å²) >= 11 is 0. The van der Waals surface area contributed by atoms with Gasteiger partial charge in [0.1, 0.15) is 17.7 Å². The highest BCUT2D eigenvalue weighted by molar-refractivity contribution is 5.91. The molecule has 37 heavy (non-hydrogen) atoms. The first-order chi connectivity index (χ1) is 17.2. The minimum Gasteiger partial charge on any atom is -0.478 e. The van der Waals surface area contributed by atoms with Crippen molar-refractivity contribution in [2.24, 2.45) is 40.1 Å². The summed E-state index contributed by atoms with van der Waals surface area (Å²) < 4.78 is 5.76. The third-order valence-electron chi connectivity index (χ3n) is 10.4. The van der Waals surface area contributed by atoms with Gasteiger partial charge in [-0.15, -0.1) is 0 Å². The zero-order valence-corrected chi connectivity index (χ0v) is 22.8. The van der Waals surface area contributed by atoms with Crippen molar-refractivity contribution < 1.29 is 29.0 Å². The van der Waals surface area contributed by atoms with E-state index >= 15 is 0 Å². The summed E-state index contributed by atoms with van der Waals surface area (Å²) in [6.45, 7) is 9.36. The van der Waals surface area contributed by atoms with Gasteiger partial charge < -0.3 is 21.3 Å². The second kappa shape index (κ2) is 9.45. The molecule has 0 bridgehead atoms. The molecule has 0 unspecified atom stereocenters. The number of hydrogen-bond acceptors (Lipinski definition) is 7. The summed E-state index contributed by atoms with van der Waals surface area (Å²) in [6.07, 6.45) is 4.65. The first kappa shape index (κ1) is 27.7. The monoisotopic (exact) mass is 514 g/mol. The molecule has 8 nitrogen and oxygen atoms in total. The van der Waals surface area contributed by atoms with E-state index in [0.717, 1.165) is 5.57 Å². The van der Waals surface area contributed by atoms with E-state index in [4.69, 9.17) is 16.2 Å². The van der Waals surface area contributed by atoms with Crippen LogP contribution >= 0.6 is 0 Å². The number of ether oxygens (including phenoxy) is 1. The van der Waals surface area contributed by atoms with Gasteiger partial charge in [-0.3, -0.25) is 14.4 Å². The molecule has 0 aliphatic heterocycles. The lowest BCUT2D eigenvalue weighted by molar-refractivity contribution is -0.168. The van der Waals surface area contributed by atoms with E-state index in [9.17, 15) is 24.3 Å². The normalized spacial score (nSPS) is 42.3. The molecule has 0 aromatic carbocycles. The first-order valence-electron chi connectivity index (χ1n) is 13.5. The highest BCUT2D eigenvalue weighted by Gasteiger charge is 2.71. The topological polar surface area (TPSA) is 150 Å². The zero-order valence-electron chi connectivity index (χ0n) is 22.8. The van der Waals surface area contributed by atoms with Gasteiger partial charge in [-0.05, 0) is 80.6 Å². The zero-order chi connectivity index (χ0) is 27.5. The van der Waals surface area contributed by atoms with Gasteiger partial charge >= 0.3 is 11.9 Å². The van der Waals surface area contributed by atoms with Gasteiger partial charge in [0.05, 0.1) is 6.04 Å². The van der Waals surface area contributed by atoms with Crippen LogP contribution in [0.25, 0.3) is 0 Å². The number of ketones is 2. The number of Topliss-reactive ketones (excluding diaryl/α,β-unsaturated/α-hetero) is 2. The van der Waals surface area contributed by atoms with Crippen molar-refractivity contribution in [3.63, 3.8) is 0 Å². The third kappa shape index (κ3) is 4.20. The molecule has 0 aromatic rings. The number of carbonyl (C=O) groups excluding carboxylic acids is 3. The number of hydrogen-bond donors (Lipinski definition) is 3. The summed E-state index contributed by atoms with van der Waals surface area (Å²) in [6, 6.07) is -0.594. The molecular formula is C29H42N2O6. The van der Waals surface area contributed by atoms with Crippen molar-refractivity contribution in [2.45, 2.75) is 104 Å². The molecule has 0 aromatic heterocycles. The molecule has 0 saturated heterocycles. The van der Waals surface area contributed by atoms with E-state index < -0.39 is 52.3 Å². The van der Waals surface area contributed by atoms with Crippen LogP contribution in [-0.2, 0) is 23.9 Å². The van der Waals surface area contributed by atoms with Crippen LogP contribution in [0.3, 0.4) is 0 Å². The number of carbonyl (C=O) groups is 4. The number of aliphatic carboxylic acids is 1. The Hall–Kier alpha value is -2.32. The van der Waals surface area contributed by atoms with Crippen LogP contribution in [-0.4, -0.2) is 46.3 Å².